The van der Waals surface area contributed by atoms with Crippen molar-refractivity contribution in [3.63, 3.8) is 0 Å². The van der Waals surface area contributed by atoms with Gasteiger partial charge in [0.15, 0.2) is 0 Å². The molecule has 10 rings (SSSR count). The van der Waals surface area contributed by atoms with E-state index in [1.807, 2.05) is 24.5 Å². The highest BCUT2D eigenvalue weighted by atomic mass is 16.5. The first-order valence-corrected chi connectivity index (χ1v) is 24.1. The second kappa shape index (κ2) is 18.8. The normalized spacial score (nSPS) is 26.9. The molecule has 4 fully saturated rings. The molecule has 0 saturated carbocycles. The molecule has 2 aromatic heterocycles. The standard InChI is InChI=1S/C57H70N4O2/c1-7-31-62-56(51-23-27-58-53-17-13-11-15-49(51)53)55-35-46-25-29-60(55,38-43(46)9-3)36-41-19-21-45-22-20-42(34-47(45)33-41)37-61(30-26-48(40(5)6)44(10-4)39-61)57(63-32-8-2)52-24-28-59-54-18-14-12-16-50(52)54/h7-8,11-24,27-28,33-34,40,43-44,46,48,55-57H,1-2,9-10,25-26,29-32,35-39H2,3-6H3/q+2. The van der Waals surface area contributed by atoms with E-state index < -0.39 is 0 Å². The Bertz CT molecular complexity index is 2540. The number of para-hydroxylation sites is 2. The van der Waals surface area contributed by atoms with E-state index in [1.165, 1.54) is 89.0 Å². The number of likely N-dealkylation sites (tertiary alicyclic amines) is 1. The fraction of sp³-hybridized carbons (Fsp3) is 0.439. The van der Waals surface area contributed by atoms with E-state index in [2.05, 4.69) is 138 Å². The third kappa shape index (κ3) is 8.53. The Morgan fingerprint density at radius 2 is 1.32 bits per heavy atom. The fourth-order valence-electron chi connectivity index (χ4n) is 13.0. The van der Waals surface area contributed by atoms with Crippen molar-refractivity contribution in [1.29, 1.82) is 0 Å². The van der Waals surface area contributed by atoms with Gasteiger partial charge in [-0.15, -0.1) is 13.2 Å². The molecule has 6 aromatic rings. The predicted octanol–water partition coefficient (Wildman–Crippen LogP) is 12.9. The lowest BCUT2D eigenvalue weighted by Crippen LogP contribution is -2.67. The summed E-state index contributed by atoms with van der Waals surface area (Å²) in [5, 5.41) is 5.02. The minimum atomic E-state index is -0.143. The smallest absolute Gasteiger partial charge is 0.221 e. The maximum atomic E-state index is 7.04. The van der Waals surface area contributed by atoms with Crippen molar-refractivity contribution >= 4 is 32.6 Å². The van der Waals surface area contributed by atoms with Crippen LogP contribution in [-0.4, -0.2) is 64.4 Å². The van der Waals surface area contributed by atoms with Crippen molar-refractivity contribution in [2.24, 2.45) is 29.6 Å². The predicted molar refractivity (Wildman–Crippen MR) is 260 cm³/mol. The van der Waals surface area contributed by atoms with Gasteiger partial charge in [0.1, 0.15) is 25.2 Å². The number of benzene rings is 4. The number of aromatic nitrogens is 2. The van der Waals surface area contributed by atoms with Crippen molar-refractivity contribution in [1.82, 2.24) is 9.97 Å². The van der Waals surface area contributed by atoms with Crippen LogP contribution >= 0.6 is 0 Å². The van der Waals surface area contributed by atoms with Crippen LogP contribution in [0.5, 0.6) is 0 Å². The molecule has 6 heteroatoms. The van der Waals surface area contributed by atoms with Crippen LogP contribution in [0.1, 0.15) is 94.4 Å². The van der Waals surface area contributed by atoms with Crippen molar-refractivity contribution in [3.05, 3.63) is 157 Å². The van der Waals surface area contributed by atoms with Crippen LogP contribution in [0.15, 0.2) is 135 Å². The van der Waals surface area contributed by atoms with Crippen molar-refractivity contribution < 1.29 is 18.4 Å². The van der Waals surface area contributed by atoms with E-state index in [0.717, 1.165) is 58.0 Å². The number of pyridine rings is 2. The number of hydrogen-bond acceptors (Lipinski definition) is 4. The first-order valence-electron chi connectivity index (χ1n) is 24.1. The lowest BCUT2D eigenvalue weighted by molar-refractivity contribution is -0.998. The monoisotopic (exact) mass is 843 g/mol. The van der Waals surface area contributed by atoms with Crippen LogP contribution in [-0.2, 0) is 22.6 Å². The average molecular weight is 843 g/mol. The zero-order valence-corrected chi connectivity index (χ0v) is 38.4. The van der Waals surface area contributed by atoms with Gasteiger partial charge in [-0.1, -0.05) is 101 Å². The molecule has 0 radical (unpaired) electrons. The van der Waals surface area contributed by atoms with Gasteiger partial charge >= 0.3 is 0 Å². The van der Waals surface area contributed by atoms with E-state index in [4.69, 9.17) is 19.4 Å². The van der Waals surface area contributed by atoms with Gasteiger partial charge in [0.25, 0.3) is 0 Å². The lowest BCUT2D eigenvalue weighted by atomic mass is 9.70. The molecule has 4 aliphatic heterocycles. The third-order valence-electron chi connectivity index (χ3n) is 16.0. The van der Waals surface area contributed by atoms with E-state index in [0.29, 0.717) is 37.0 Å². The molecule has 0 aliphatic carbocycles. The molecule has 328 valence electrons. The summed E-state index contributed by atoms with van der Waals surface area (Å²) < 4.78 is 15.9. The molecule has 4 aromatic carbocycles. The second-order valence-corrected chi connectivity index (χ2v) is 19.8. The van der Waals surface area contributed by atoms with Crippen LogP contribution in [0.2, 0.25) is 0 Å². The van der Waals surface area contributed by atoms with Crippen LogP contribution in [0, 0.1) is 29.6 Å². The molecule has 6 nitrogen and oxygen atoms in total. The minimum absolute atomic E-state index is 0.0379. The quantitative estimate of drug-likeness (QED) is 0.0678. The highest BCUT2D eigenvalue weighted by molar-refractivity contribution is 5.84. The molecule has 9 unspecified atom stereocenters. The van der Waals surface area contributed by atoms with E-state index in [1.54, 1.807) is 0 Å². The van der Waals surface area contributed by atoms with Gasteiger partial charge < -0.3 is 14.0 Å². The van der Waals surface area contributed by atoms with E-state index in [-0.39, 0.29) is 12.3 Å². The zero-order chi connectivity index (χ0) is 43.6. The molecule has 4 saturated heterocycles. The summed E-state index contributed by atoms with van der Waals surface area (Å²) in [7, 11) is 0. The van der Waals surface area contributed by atoms with Crippen LogP contribution in [0.3, 0.4) is 0 Å². The summed E-state index contributed by atoms with van der Waals surface area (Å²) in [6.45, 7) is 25.3. The maximum Gasteiger partial charge on any atom is 0.221 e. The van der Waals surface area contributed by atoms with E-state index >= 15 is 0 Å². The van der Waals surface area contributed by atoms with Gasteiger partial charge in [0.05, 0.1) is 50.4 Å². The molecule has 4 aliphatic rings. The summed E-state index contributed by atoms with van der Waals surface area (Å²) in [5.74, 6) is 3.44. The molecule has 2 bridgehead atoms. The van der Waals surface area contributed by atoms with Gasteiger partial charge in [-0.3, -0.25) is 14.5 Å². The molecule has 0 N–H and O–H groups in total. The zero-order valence-electron chi connectivity index (χ0n) is 38.4. The summed E-state index contributed by atoms with van der Waals surface area (Å²) >= 11 is 0. The number of hydrogen-bond donors (Lipinski definition) is 0. The maximum absolute atomic E-state index is 7.04. The summed E-state index contributed by atoms with van der Waals surface area (Å²) in [5.41, 5.74) is 7.35. The number of piperidine rings is 4. The number of fused-ring (bicyclic) bond motifs is 6. The third-order valence-corrected chi connectivity index (χ3v) is 16.0. The SMILES string of the molecule is C=CCOC(c1ccnc2ccccc12)C1CC2CC[N+]1(Cc1ccc3ccc(C[N+]4(C(OCC=C)c5ccnc6ccccc56)CCC(C(C)C)C(CC)C4)cc3c1)CC2CC. The van der Waals surface area contributed by atoms with Crippen molar-refractivity contribution in [2.45, 2.75) is 91.3 Å². The van der Waals surface area contributed by atoms with Crippen molar-refractivity contribution in [2.75, 3.05) is 39.4 Å². The van der Waals surface area contributed by atoms with Gasteiger partial charge in [0.2, 0.25) is 6.23 Å². The molecule has 0 amide bonds. The lowest BCUT2D eigenvalue weighted by Gasteiger charge is -2.59. The second-order valence-electron chi connectivity index (χ2n) is 19.8. The topological polar surface area (TPSA) is 44.2 Å². The average Bonchev–Trinajstić information content (AvgIpc) is 3.31. The first kappa shape index (κ1) is 43.5. The summed E-state index contributed by atoms with van der Waals surface area (Å²) in [6.07, 6.45) is 13.7. The summed E-state index contributed by atoms with van der Waals surface area (Å²) in [4.78, 5) is 9.54. The number of nitrogens with zero attached hydrogens (tertiary/aromatic N) is 4. The van der Waals surface area contributed by atoms with Gasteiger partial charge in [-0.05, 0) is 83.3 Å². The fourth-order valence-corrected chi connectivity index (χ4v) is 13.0. The number of ether oxygens (including phenoxy) is 2. The van der Waals surface area contributed by atoms with Gasteiger partial charge in [0, 0.05) is 71.0 Å². The minimum Gasteiger partial charge on any atom is -0.363 e. The van der Waals surface area contributed by atoms with Crippen molar-refractivity contribution in [3.8, 4) is 0 Å². The largest absolute Gasteiger partial charge is 0.363 e. The Balaban J connectivity index is 1.09. The Morgan fingerprint density at radius 1 is 0.683 bits per heavy atom. The highest BCUT2D eigenvalue weighted by Gasteiger charge is 2.55. The van der Waals surface area contributed by atoms with Crippen LogP contribution in [0.25, 0.3) is 32.6 Å². The Morgan fingerprint density at radius 3 is 1.98 bits per heavy atom. The Kier molecular flexibility index (Phi) is 13.0. The Hall–Kier alpha value is -4.72. The molecular weight excluding hydrogens is 773 g/mol. The van der Waals surface area contributed by atoms with Crippen LogP contribution in [0.4, 0.5) is 0 Å². The number of rotatable bonds is 17. The van der Waals surface area contributed by atoms with Gasteiger partial charge in [-0.2, -0.15) is 0 Å². The summed E-state index contributed by atoms with van der Waals surface area (Å²) in [6, 6.07) is 36.6. The number of quaternary nitrogens is 2. The highest BCUT2D eigenvalue weighted by Crippen LogP contribution is 2.50. The van der Waals surface area contributed by atoms with Gasteiger partial charge in [-0.25, -0.2) is 0 Å². The molecule has 63 heavy (non-hydrogen) atoms. The van der Waals surface area contributed by atoms with Crippen LogP contribution < -0.4 is 0 Å². The first-order chi connectivity index (χ1) is 30.8. The molecule has 6 heterocycles. The molecule has 0 spiro atoms. The van der Waals surface area contributed by atoms with E-state index in [9.17, 15) is 0 Å². The molecular formula is C57H70N4O2+2. The molecule has 9 atom stereocenters. The Labute approximate surface area is 376 Å².